The molecule has 2 heterocycles. The van der Waals surface area contributed by atoms with Gasteiger partial charge < -0.3 is 24.1 Å². The molecule has 206 valence electrons. The van der Waals surface area contributed by atoms with Gasteiger partial charge in [0.25, 0.3) is 5.91 Å². The molecule has 1 atom stereocenters. The van der Waals surface area contributed by atoms with Gasteiger partial charge in [-0.15, -0.1) is 5.10 Å². The Labute approximate surface area is 227 Å². The number of furan rings is 1. The molecule has 4 rings (SSSR count). The Kier molecular flexibility index (Phi) is 8.53. The van der Waals surface area contributed by atoms with E-state index in [2.05, 4.69) is 15.6 Å². The number of nitrogens with zero attached hydrogens (tertiary/aromatic N) is 4. The average Bonchev–Trinajstić information content (AvgIpc) is 3.61. The van der Waals surface area contributed by atoms with Gasteiger partial charge >= 0.3 is 0 Å². The first-order chi connectivity index (χ1) is 18.8. The average molecular weight is 534 g/mol. The maximum absolute atomic E-state index is 13.9. The van der Waals surface area contributed by atoms with E-state index in [4.69, 9.17) is 13.9 Å². The van der Waals surface area contributed by atoms with Gasteiger partial charge in [0.15, 0.2) is 17.5 Å². The SMILES string of the molecule is CCC(C)(C)NC(=O)[C@@H](c1ccco1)N(CCc1ccc(OC)c(OC)c1)C(=O)Cn1nnc2ccccc21. The standard InChI is InChI=1S/C29H35N5O5/c1-6-29(2,3)30-28(36)27(24-12-9-17-39-24)33(16-15-20-13-14-23(37-4)25(18-20)38-5)26(35)19-34-22-11-8-7-10-21(22)31-32-34/h7-14,17-18,27H,6,15-16,19H2,1-5H3,(H,30,36)/t27-/m1/s1. The summed E-state index contributed by atoms with van der Waals surface area (Å²) in [5.74, 6) is 0.968. The molecule has 0 saturated carbocycles. The van der Waals surface area contributed by atoms with Crippen LogP contribution in [0.2, 0.25) is 0 Å². The predicted octanol–water partition coefficient (Wildman–Crippen LogP) is 4.16. The summed E-state index contributed by atoms with van der Waals surface area (Å²) >= 11 is 0. The van der Waals surface area contributed by atoms with Crippen molar-refractivity contribution in [2.24, 2.45) is 0 Å². The van der Waals surface area contributed by atoms with Crippen LogP contribution in [0.5, 0.6) is 11.5 Å². The lowest BCUT2D eigenvalue weighted by Crippen LogP contribution is -2.51. The Morgan fingerprint density at radius 1 is 1.08 bits per heavy atom. The number of amides is 2. The van der Waals surface area contributed by atoms with Crippen LogP contribution < -0.4 is 14.8 Å². The summed E-state index contributed by atoms with van der Waals surface area (Å²) in [7, 11) is 3.16. The van der Waals surface area contributed by atoms with E-state index in [9.17, 15) is 9.59 Å². The molecule has 0 saturated heterocycles. The number of aromatic nitrogens is 3. The molecule has 2 aromatic carbocycles. The summed E-state index contributed by atoms with van der Waals surface area (Å²) in [5, 5.41) is 11.4. The van der Waals surface area contributed by atoms with E-state index >= 15 is 0 Å². The molecule has 10 heteroatoms. The van der Waals surface area contributed by atoms with E-state index in [1.165, 1.54) is 6.26 Å². The smallest absolute Gasteiger partial charge is 0.251 e. The highest BCUT2D eigenvalue weighted by Gasteiger charge is 2.36. The third-order valence-corrected chi connectivity index (χ3v) is 6.83. The zero-order valence-corrected chi connectivity index (χ0v) is 23.0. The minimum absolute atomic E-state index is 0.0892. The number of benzene rings is 2. The molecule has 0 aliphatic rings. The number of nitrogens with one attached hydrogen (secondary N) is 1. The lowest BCUT2D eigenvalue weighted by Gasteiger charge is -2.33. The molecule has 0 radical (unpaired) electrons. The van der Waals surface area contributed by atoms with Crippen LogP contribution in [0.25, 0.3) is 11.0 Å². The van der Waals surface area contributed by atoms with Crippen molar-refractivity contribution >= 4 is 22.8 Å². The number of hydrogen-bond acceptors (Lipinski definition) is 7. The van der Waals surface area contributed by atoms with Crippen molar-refractivity contribution in [3.8, 4) is 11.5 Å². The van der Waals surface area contributed by atoms with Gasteiger partial charge in [0.05, 0.1) is 26.0 Å². The Morgan fingerprint density at radius 3 is 2.54 bits per heavy atom. The highest BCUT2D eigenvalue weighted by atomic mass is 16.5. The normalized spacial score (nSPS) is 12.2. The zero-order chi connectivity index (χ0) is 28.0. The first kappa shape index (κ1) is 27.7. The highest BCUT2D eigenvalue weighted by Crippen LogP contribution is 2.29. The molecular weight excluding hydrogens is 498 g/mol. The number of rotatable bonds is 12. The van der Waals surface area contributed by atoms with Crippen molar-refractivity contribution in [2.75, 3.05) is 20.8 Å². The Morgan fingerprint density at radius 2 is 1.85 bits per heavy atom. The monoisotopic (exact) mass is 533 g/mol. The van der Waals surface area contributed by atoms with Gasteiger partial charge in [0.1, 0.15) is 17.8 Å². The first-order valence-corrected chi connectivity index (χ1v) is 12.9. The Balaban J connectivity index is 1.68. The first-order valence-electron chi connectivity index (χ1n) is 12.9. The van der Waals surface area contributed by atoms with Crippen LogP contribution in [-0.2, 0) is 22.6 Å². The molecule has 0 aliphatic heterocycles. The molecule has 0 bridgehead atoms. The fourth-order valence-corrected chi connectivity index (χ4v) is 4.30. The Bertz CT molecular complexity index is 1410. The number of para-hydroxylation sites is 1. The number of carbonyl (C=O) groups excluding carboxylic acids is 2. The van der Waals surface area contributed by atoms with E-state index in [1.54, 1.807) is 35.9 Å². The molecular formula is C29H35N5O5. The van der Waals surface area contributed by atoms with Crippen LogP contribution in [-0.4, -0.2) is 58.0 Å². The summed E-state index contributed by atoms with van der Waals surface area (Å²) in [5.41, 5.74) is 1.87. The topological polar surface area (TPSA) is 112 Å². The van der Waals surface area contributed by atoms with E-state index < -0.39 is 11.6 Å². The van der Waals surface area contributed by atoms with Crippen molar-refractivity contribution in [1.29, 1.82) is 0 Å². The molecule has 0 unspecified atom stereocenters. The second kappa shape index (κ2) is 12.0. The van der Waals surface area contributed by atoms with Crippen molar-refractivity contribution in [2.45, 2.75) is 51.7 Å². The van der Waals surface area contributed by atoms with E-state index in [1.807, 2.05) is 63.2 Å². The van der Waals surface area contributed by atoms with Gasteiger partial charge in [-0.2, -0.15) is 0 Å². The molecule has 0 aliphatic carbocycles. The molecule has 0 spiro atoms. The Hall–Kier alpha value is -4.34. The van der Waals surface area contributed by atoms with E-state index in [0.717, 1.165) is 11.1 Å². The quantitative estimate of drug-likeness (QED) is 0.291. The minimum Gasteiger partial charge on any atom is -0.493 e. The molecule has 39 heavy (non-hydrogen) atoms. The lowest BCUT2D eigenvalue weighted by molar-refractivity contribution is -0.142. The summed E-state index contributed by atoms with van der Waals surface area (Å²) < 4.78 is 18.0. The second-order valence-corrected chi connectivity index (χ2v) is 9.91. The molecule has 10 nitrogen and oxygen atoms in total. The van der Waals surface area contributed by atoms with Gasteiger partial charge in [-0.3, -0.25) is 9.59 Å². The minimum atomic E-state index is -0.978. The van der Waals surface area contributed by atoms with Crippen molar-refractivity contribution in [1.82, 2.24) is 25.2 Å². The summed E-state index contributed by atoms with van der Waals surface area (Å²) in [6.45, 7) is 6.04. The fourth-order valence-electron chi connectivity index (χ4n) is 4.30. The third kappa shape index (κ3) is 6.39. The van der Waals surface area contributed by atoms with Gasteiger partial charge in [-0.1, -0.05) is 30.3 Å². The van der Waals surface area contributed by atoms with Crippen LogP contribution >= 0.6 is 0 Å². The maximum Gasteiger partial charge on any atom is 0.251 e. The second-order valence-electron chi connectivity index (χ2n) is 9.91. The van der Waals surface area contributed by atoms with Crippen LogP contribution in [0.15, 0.2) is 65.3 Å². The predicted molar refractivity (Wildman–Crippen MR) is 146 cm³/mol. The number of fused-ring (bicyclic) bond motifs is 1. The highest BCUT2D eigenvalue weighted by molar-refractivity contribution is 5.89. The van der Waals surface area contributed by atoms with E-state index in [0.29, 0.717) is 35.6 Å². The summed E-state index contributed by atoms with van der Waals surface area (Å²) in [4.78, 5) is 29.2. The van der Waals surface area contributed by atoms with Gasteiger partial charge in [0.2, 0.25) is 5.91 Å². The van der Waals surface area contributed by atoms with Gasteiger partial charge in [-0.25, -0.2) is 4.68 Å². The van der Waals surface area contributed by atoms with E-state index in [-0.39, 0.29) is 24.9 Å². The van der Waals surface area contributed by atoms with Crippen LogP contribution in [0.3, 0.4) is 0 Å². The number of carbonyl (C=O) groups is 2. The maximum atomic E-state index is 13.9. The fraction of sp³-hybridized carbons (Fsp3) is 0.379. The van der Waals surface area contributed by atoms with Crippen LogP contribution in [0, 0.1) is 0 Å². The molecule has 2 aromatic heterocycles. The number of methoxy groups -OCH3 is 2. The molecule has 1 N–H and O–H groups in total. The number of ether oxygens (including phenoxy) is 2. The summed E-state index contributed by atoms with van der Waals surface area (Å²) in [6.07, 6.45) is 2.68. The van der Waals surface area contributed by atoms with Gasteiger partial charge in [0, 0.05) is 12.1 Å². The van der Waals surface area contributed by atoms with Crippen molar-refractivity contribution in [3.05, 3.63) is 72.2 Å². The largest absolute Gasteiger partial charge is 0.493 e. The molecule has 0 fully saturated rings. The van der Waals surface area contributed by atoms with Crippen molar-refractivity contribution < 1.29 is 23.5 Å². The van der Waals surface area contributed by atoms with Crippen LogP contribution in [0.4, 0.5) is 0 Å². The lowest BCUT2D eigenvalue weighted by atomic mass is 10.0. The summed E-state index contributed by atoms with van der Waals surface area (Å²) in [6, 6.07) is 15.5. The third-order valence-electron chi connectivity index (χ3n) is 6.83. The molecule has 2 amide bonds. The molecule has 4 aromatic rings. The van der Waals surface area contributed by atoms with Crippen LogP contribution in [0.1, 0.15) is 44.6 Å². The zero-order valence-electron chi connectivity index (χ0n) is 23.0. The van der Waals surface area contributed by atoms with Gasteiger partial charge in [-0.05, 0) is 68.7 Å². The van der Waals surface area contributed by atoms with Crippen molar-refractivity contribution in [3.63, 3.8) is 0 Å². The number of hydrogen-bond donors (Lipinski definition) is 1.